The van der Waals surface area contributed by atoms with Gasteiger partial charge < -0.3 is 10.2 Å². The molecule has 2 heterocycles. The molecule has 1 amide bonds. The number of carbonyl (C=O) groups is 1. The molecule has 0 spiro atoms. The zero-order valence-electron chi connectivity index (χ0n) is 13.0. The van der Waals surface area contributed by atoms with Crippen LogP contribution in [0, 0.1) is 5.92 Å². The summed E-state index contributed by atoms with van der Waals surface area (Å²) in [4.78, 5) is 18.4. The van der Waals surface area contributed by atoms with Gasteiger partial charge in [-0.25, -0.2) is 9.67 Å². The van der Waals surface area contributed by atoms with E-state index in [9.17, 15) is 4.79 Å². The van der Waals surface area contributed by atoms with Crippen molar-refractivity contribution in [1.82, 2.24) is 20.1 Å². The Labute approximate surface area is 140 Å². The minimum absolute atomic E-state index is 0.0274. The van der Waals surface area contributed by atoms with Crippen molar-refractivity contribution in [3.63, 3.8) is 0 Å². The molecule has 0 bridgehead atoms. The molecule has 23 heavy (non-hydrogen) atoms. The van der Waals surface area contributed by atoms with Crippen LogP contribution in [0.2, 0.25) is 5.02 Å². The van der Waals surface area contributed by atoms with Crippen molar-refractivity contribution in [2.24, 2.45) is 5.92 Å². The van der Waals surface area contributed by atoms with Crippen molar-refractivity contribution in [1.29, 1.82) is 0 Å². The standard InChI is InChI=1S/C16H20ClN5O/c1-12(22-11-18-10-20-22)16(23)19-8-13-6-7-21(9-13)15-4-2-14(17)3-5-15/h2-5,10-13H,6-9H2,1H3,(H,19,23)/t12-,13+/m0/s1. The van der Waals surface area contributed by atoms with E-state index in [1.54, 1.807) is 11.0 Å². The fourth-order valence-electron chi connectivity index (χ4n) is 2.82. The molecular weight excluding hydrogens is 314 g/mol. The third-order valence-corrected chi connectivity index (χ3v) is 4.51. The van der Waals surface area contributed by atoms with Gasteiger partial charge in [-0.15, -0.1) is 0 Å². The van der Waals surface area contributed by atoms with Gasteiger partial charge >= 0.3 is 0 Å². The van der Waals surface area contributed by atoms with E-state index < -0.39 is 0 Å². The summed E-state index contributed by atoms with van der Waals surface area (Å²) in [6.07, 6.45) is 4.06. The lowest BCUT2D eigenvalue weighted by molar-refractivity contribution is -0.124. The highest BCUT2D eigenvalue weighted by Gasteiger charge is 2.24. The number of hydrogen-bond donors (Lipinski definition) is 1. The van der Waals surface area contributed by atoms with Crippen LogP contribution < -0.4 is 10.2 Å². The van der Waals surface area contributed by atoms with Crippen LogP contribution >= 0.6 is 11.6 Å². The van der Waals surface area contributed by atoms with Gasteiger partial charge in [-0.2, -0.15) is 5.10 Å². The summed E-state index contributed by atoms with van der Waals surface area (Å²) in [6.45, 7) is 4.45. The fraction of sp³-hybridized carbons (Fsp3) is 0.438. The van der Waals surface area contributed by atoms with Gasteiger partial charge in [0.15, 0.2) is 0 Å². The normalized spacial score (nSPS) is 18.9. The Morgan fingerprint density at radius 1 is 1.43 bits per heavy atom. The second-order valence-electron chi connectivity index (χ2n) is 5.87. The molecule has 0 aliphatic carbocycles. The van der Waals surface area contributed by atoms with Crippen LogP contribution in [0.3, 0.4) is 0 Å². The van der Waals surface area contributed by atoms with Crippen LogP contribution in [-0.2, 0) is 4.79 Å². The van der Waals surface area contributed by atoms with Crippen LogP contribution in [0.4, 0.5) is 5.69 Å². The monoisotopic (exact) mass is 333 g/mol. The van der Waals surface area contributed by atoms with Crippen molar-refractivity contribution in [3.8, 4) is 0 Å². The molecule has 3 rings (SSSR count). The summed E-state index contributed by atoms with van der Waals surface area (Å²) >= 11 is 5.93. The Hall–Kier alpha value is -2.08. The summed E-state index contributed by atoms with van der Waals surface area (Å²) in [5.74, 6) is 0.429. The van der Waals surface area contributed by atoms with Gasteiger partial charge in [-0.3, -0.25) is 4.79 Å². The highest BCUT2D eigenvalue weighted by molar-refractivity contribution is 6.30. The van der Waals surface area contributed by atoms with Crippen LogP contribution in [-0.4, -0.2) is 40.3 Å². The highest BCUT2D eigenvalue weighted by Crippen LogP contribution is 2.24. The lowest BCUT2D eigenvalue weighted by atomic mass is 10.1. The molecule has 1 saturated heterocycles. The Morgan fingerprint density at radius 3 is 2.91 bits per heavy atom. The lowest BCUT2D eigenvalue weighted by Crippen LogP contribution is -2.35. The molecule has 1 aromatic heterocycles. The first-order valence-corrected chi connectivity index (χ1v) is 8.13. The molecule has 6 nitrogen and oxygen atoms in total. The largest absolute Gasteiger partial charge is 0.371 e. The topological polar surface area (TPSA) is 63.1 Å². The lowest BCUT2D eigenvalue weighted by Gasteiger charge is -2.19. The first-order valence-electron chi connectivity index (χ1n) is 7.76. The predicted octanol–water partition coefficient (Wildman–Crippen LogP) is 2.14. The number of anilines is 1. The van der Waals surface area contributed by atoms with Crippen LogP contribution in [0.25, 0.3) is 0 Å². The molecule has 7 heteroatoms. The number of carbonyl (C=O) groups excluding carboxylic acids is 1. The third kappa shape index (κ3) is 3.82. The van der Waals surface area contributed by atoms with E-state index in [1.165, 1.54) is 12.0 Å². The van der Waals surface area contributed by atoms with E-state index in [-0.39, 0.29) is 11.9 Å². The molecule has 1 N–H and O–H groups in total. The molecule has 0 unspecified atom stereocenters. The smallest absolute Gasteiger partial charge is 0.244 e. The van der Waals surface area contributed by atoms with Crippen molar-refractivity contribution >= 4 is 23.2 Å². The Bertz CT molecular complexity index is 643. The number of aromatic nitrogens is 3. The van der Waals surface area contributed by atoms with Crippen molar-refractivity contribution in [2.45, 2.75) is 19.4 Å². The van der Waals surface area contributed by atoms with Gasteiger partial charge in [0, 0.05) is 30.3 Å². The molecule has 1 fully saturated rings. The van der Waals surface area contributed by atoms with E-state index in [1.807, 2.05) is 31.2 Å². The van der Waals surface area contributed by atoms with Gasteiger partial charge in [0.2, 0.25) is 5.91 Å². The Balaban J connectivity index is 1.48. The first-order chi connectivity index (χ1) is 11.1. The summed E-state index contributed by atoms with van der Waals surface area (Å²) in [5.41, 5.74) is 1.18. The Kier molecular flexibility index (Phi) is 4.81. The van der Waals surface area contributed by atoms with Crippen LogP contribution in [0.15, 0.2) is 36.9 Å². The second-order valence-corrected chi connectivity index (χ2v) is 6.31. The number of nitrogens with one attached hydrogen (secondary N) is 1. The molecule has 1 aliphatic rings. The number of nitrogens with zero attached hydrogens (tertiary/aromatic N) is 4. The molecule has 0 radical (unpaired) electrons. The molecule has 0 saturated carbocycles. The van der Waals surface area contributed by atoms with E-state index in [0.717, 1.165) is 24.5 Å². The Morgan fingerprint density at radius 2 is 2.22 bits per heavy atom. The molecule has 1 aliphatic heterocycles. The third-order valence-electron chi connectivity index (χ3n) is 4.26. The van der Waals surface area contributed by atoms with Crippen molar-refractivity contribution < 1.29 is 4.79 Å². The van der Waals surface area contributed by atoms with Crippen molar-refractivity contribution in [3.05, 3.63) is 41.9 Å². The zero-order valence-corrected chi connectivity index (χ0v) is 13.8. The number of halogens is 1. The molecular formula is C16H20ClN5O. The van der Waals surface area contributed by atoms with Gasteiger partial charge in [0.25, 0.3) is 0 Å². The average Bonchev–Trinajstić information content (AvgIpc) is 3.24. The SMILES string of the molecule is C[C@@H](C(=O)NC[C@H]1CCN(c2ccc(Cl)cc2)C1)n1cncn1. The van der Waals surface area contributed by atoms with Gasteiger partial charge in [0.1, 0.15) is 18.7 Å². The number of benzene rings is 1. The average molecular weight is 334 g/mol. The van der Waals surface area contributed by atoms with E-state index in [2.05, 4.69) is 20.3 Å². The van der Waals surface area contributed by atoms with Gasteiger partial charge in [-0.1, -0.05) is 11.6 Å². The van der Waals surface area contributed by atoms with Crippen LogP contribution in [0.5, 0.6) is 0 Å². The summed E-state index contributed by atoms with van der Waals surface area (Å²) in [5, 5.41) is 7.77. The molecule has 1 aromatic carbocycles. The summed E-state index contributed by atoms with van der Waals surface area (Å²) in [7, 11) is 0. The van der Waals surface area contributed by atoms with E-state index in [0.29, 0.717) is 12.5 Å². The summed E-state index contributed by atoms with van der Waals surface area (Å²) < 4.78 is 1.56. The number of rotatable bonds is 5. The fourth-order valence-corrected chi connectivity index (χ4v) is 2.94. The summed E-state index contributed by atoms with van der Waals surface area (Å²) in [6, 6.07) is 7.55. The maximum Gasteiger partial charge on any atom is 0.244 e. The number of amides is 1. The quantitative estimate of drug-likeness (QED) is 0.910. The first kappa shape index (κ1) is 15.8. The molecule has 2 atom stereocenters. The highest BCUT2D eigenvalue weighted by atomic mass is 35.5. The number of hydrogen-bond acceptors (Lipinski definition) is 4. The zero-order chi connectivity index (χ0) is 16.2. The maximum absolute atomic E-state index is 12.2. The van der Waals surface area contributed by atoms with E-state index in [4.69, 9.17) is 11.6 Å². The van der Waals surface area contributed by atoms with Gasteiger partial charge in [0.05, 0.1) is 0 Å². The predicted molar refractivity (Wildman–Crippen MR) is 89.5 cm³/mol. The molecule has 2 aromatic rings. The van der Waals surface area contributed by atoms with Crippen LogP contribution in [0.1, 0.15) is 19.4 Å². The molecule has 122 valence electrons. The van der Waals surface area contributed by atoms with E-state index >= 15 is 0 Å². The van der Waals surface area contributed by atoms with Gasteiger partial charge in [-0.05, 0) is 43.5 Å². The minimum Gasteiger partial charge on any atom is -0.371 e. The van der Waals surface area contributed by atoms with Crippen molar-refractivity contribution in [2.75, 3.05) is 24.5 Å². The second kappa shape index (κ2) is 7.00. The minimum atomic E-state index is -0.341. The maximum atomic E-state index is 12.2.